The summed E-state index contributed by atoms with van der Waals surface area (Å²) in [5.74, 6) is 0.759. The van der Waals surface area contributed by atoms with Crippen LogP contribution in [0.5, 0.6) is 0 Å². The summed E-state index contributed by atoms with van der Waals surface area (Å²) in [6.07, 6.45) is 3.89. The van der Waals surface area contributed by atoms with E-state index in [2.05, 4.69) is 40.5 Å². The highest BCUT2D eigenvalue weighted by atomic mass is 15.2. The van der Waals surface area contributed by atoms with E-state index < -0.39 is 0 Å². The molecule has 0 aliphatic carbocycles. The van der Waals surface area contributed by atoms with E-state index in [1.54, 1.807) is 0 Å². The molecule has 2 aliphatic heterocycles. The standard InChI is InChI=1S/C15H21N2/c1-2-4-13(5-3-1)14-8-11-17(12-14)15-6-9-16-10-7-15/h1-5,14-15H,6-12H2. The van der Waals surface area contributed by atoms with Crippen molar-refractivity contribution in [3.05, 3.63) is 35.9 Å². The van der Waals surface area contributed by atoms with E-state index in [-0.39, 0.29) is 0 Å². The molecule has 0 aromatic heterocycles. The normalized spacial score (nSPS) is 27.4. The molecule has 1 atom stereocenters. The third-order valence-electron chi connectivity index (χ3n) is 4.25. The van der Waals surface area contributed by atoms with Gasteiger partial charge in [0.25, 0.3) is 0 Å². The van der Waals surface area contributed by atoms with Gasteiger partial charge in [0.2, 0.25) is 0 Å². The van der Waals surface area contributed by atoms with E-state index in [1.165, 1.54) is 37.9 Å². The first-order valence-corrected chi connectivity index (χ1v) is 6.86. The van der Waals surface area contributed by atoms with Crippen LogP contribution >= 0.6 is 0 Å². The van der Waals surface area contributed by atoms with E-state index in [9.17, 15) is 0 Å². The number of benzene rings is 1. The Balaban J connectivity index is 1.61. The van der Waals surface area contributed by atoms with Crippen LogP contribution in [0, 0.1) is 0 Å². The van der Waals surface area contributed by atoms with Gasteiger partial charge in [-0.05, 0) is 37.3 Å². The zero-order valence-electron chi connectivity index (χ0n) is 10.4. The van der Waals surface area contributed by atoms with Crippen LogP contribution in [0.3, 0.4) is 0 Å². The van der Waals surface area contributed by atoms with Gasteiger partial charge in [0.15, 0.2) is 0 Å². The zero-order chi connectivity index (χ0) is 11.5. The van der Waals surface area contributed by atoms with Gasteiger partial charge in [0, 0.05) is 25.7 Å². The molecule has 2 nitrogen and oxygen atoms in total. The fourth-order valence-corrected chi connectivity index (χ4v) is 3.22. The van der Waals surface area contributed by atoms with Gasteiger partial charge >= 0.3 is 0 Å². The molecule has 0 N–H and O–H groups in total. The van der Waals surface area contributed by atoms with Gasteiger partial charge in [0.05, 0.1) is 0 Å². The van der Waals surface area contributed by atoms with Gasteiger partial charge in [-0.2, -0.15) is 0 Å². The van der Waals surface area contributed by atoms with Crippen LogP contribution < -0.4 is 5.32 Å². The molecular formula is C15H21N2. The average Bonchev–Trinajstić information content (AvgIpc) is 2.90. The Hall–Kier alpha value is -0.860. The van der Waals surface area contributed by atoms with Crippen LogP contribution in [0.4, 0.5) is 0 Å². The summed E-state index contributed by atoms with van der Waals surface area (Å²) in [6, 6.07) is 11.8. The van der Waals surface area contributed by atoms with Crippen molar-refractivity contribution < 1.29 is 0 Å². The molecule has 0 amide bonds. The van der Waals surface area contributed by atoms with Gasteiger partial charge in [-0.3, -0.25) is 4.90 Å². The molecule has 2 fully saturated rings. The first kappa shape index (κ1) is 11.2. The maximum absolute atomic E-state index is 4.45. The quantitative estimate of drug-likeness (QED) is 0.760. The molecule has 3 rings (SSSR count). The highest BCUT2D eigenvalue weighted by molar-refractivity contribution is 5.21. The van der Waals surface area contributed by atoms with E-state index in [1.807, 2.05) is 0 Å². The van der Waals surface area contributed by atoms with Crippen LogP contribution in [0.25, 0.3) is 0 Å². The van der Waals surface area contributed by atoms with Gasteiger partial charge in [-0.15, -0.1) is 0 Å². The molecule has 17 heavy (non-hydrogen) atoms. The van der Waals surface area contributed by atoms with Gasteiger partial charge < -0.3 is 0 Å². The van der Waals surface area contributed by atoms with Crippen molar-refractivity contribution in [3.8, 4) is 0 Å². The van der Waals surface area contributed by atoms with Crippen molar-refractivity contribution >= 4 is 0 Å². The number of hydrogen-bond acceptors (Lipinski definition) is 1. The van der Waals surface area contributed by atoms with Crippen LogP contribution in [0.1, 0.15) is 30.7 Å². The smallest absolute Gasteiger partial charge is 0.0148 e. The van der Waals surface area contributed by atoms with E-state index in [0.29, 0.717) is 0 Å². The SMILES string of the molecule is c1ccc(C2CCN(C3CC[N]CC3)C2)cc1. The third-order valence-corrected chi connectivity index (χ3v) is 4.25. The summed E-state index contributed by atoms with van der Waals surface area (Å²) in [4.78, 5) is 2.70. The second-order valence-electron chi connectivity index (χ2n) is 5.29. The minimum Gasteiger partial charge on any atom is -0.300 e. The summed E-state index contributed by atoms with van der Waals surface area (Å²) in [6.45, 7) is 4.70. The van der Waals surface area contributed by atoms with Crippen molar-refractivity contribution in [2.24, 2.45) is 0 Å². The number of piperidine rings is 1. The molecule has 2 saturated heterocycles. The molecule has 1 unspecified atom stereocenters. The predicted molar refractivity (Wildman–Crippen MR) is 70.3 cm³/mol. The Morgan fingerprint density at radius 2 is 1.76 bits per heavy atom. The molecule has 0 saturated carbocycles. The van der Waals surface area contributed by atoms with E-state index in [4.69, 9.17) is 0 Å². The van der Waals surface area contributed by atoms with Crippen LogP contribution in [0.15, 0.2) is 30.3 Å². The van der Waals surface area contributed by atoms with E-state index in [0.717, 1.165) is 25.0 Å². The summed E-state index contributed by atoms with van der Waals surface area (Å²) in [5, 5.41) is 4.45. The molecule has 2 heteroatoms. The first-order valence-electron chi connectivity index (χ1n) is 6.86. The van der Waals surface area contributed by atoms with Crippen molar-refractivity contribution in [1.29, 1.82) is 0 Å². The minimum atomic E-state index is 0.759. The van der Waals surface area contributed by atoms with E-state index >= 15 is 0 Å². The molecule has 1 radical (unpaired) electrons. The Labute approximate surface area is 104 Å². The highest BCUT2D eigenvalue weighted by Crippen LogP contribution is 2.29. The monoisotopic (exact) mass is 229 g/mol. The number of rotatable bonds is 2. The second-order valence-corrected chi connectivity index (χ2v) is 5.29. The molecule has 2 aliphatic rings. The van der Waals surface area contributed by atoms with Gasteiger partial charge in [0.1, 0.15) is 0 Å². The van der Waals surface area contributed by atoms with Crippen LogP contribution in [-0.2, 0) is 0 Å². The van der Waals surface area contributed by atoms with Gasteiger partial charge in [-0.1, -0.05) is 30.3 Å². The molecule has 0 spiro atoms. The second kappa shape index (κ2) is 5.19. The predicted octanol–water partition coefficient (Wildman–Crippen LogP) is 2.24. The fraction of sp³-hybridized carbons (Fsp3) is 0.600. The third kappa shape index (κ3) is 2.53. The zero-order valence-corrected chi connectivity index (χ0v) is 10.4. The van der Waals surface area contributed by atoms with Crippen molar-refractivity contribution in [1.82, 2.24) is 10.2 Å². The minimum absolute atomic E-state index is 0.759. The molecule has 1 aromatic carbocycles. The Kier molecular flexibility index (Phi) is 3.44. The average molecular weight is 229 g/mol. The lowest BCUT2D eigenvalue weighted by Gasteiger charge is -2.30. The molecule has 0 bridgehead atoms. The Morgan fingerprint density at radius 1 is 1.00 bits per heavy atom. The maximum Gasteiger partial charge on any atom is 0.0148 e. The maximum atomic E-state index is 4.45. The van der Waals surface area contributed by atoms with Crippen molar-refractivity contribution in [3.63, 3.8) is 0 Å². The highest BCUT2D eigenvalue weighted by Gasteiger charge is 2.29. The molecule has 2 heterocycles. The number of hydrogen-bond donors (Lipinski definition) is 0. The molecule has 91 valence electrons. The van der Waals surface area contributed by atoms with Crippen molar-refractivity contribution in [2.75, 3.05) is 26.2 Å². The van der Waals surface area contributed by atoms with Crippen LogP contribution in [0.2, 0.25) is 0 Å². The summed E-state index contributed by atoms with van der Waals surface area (Å²) >= 11 is 0. The number of likely N-dealkylation sites (tertiary alicyclic amines) is 1. The van der Waals surface area contributed by atoms with Crippen molar-refractivity contribution in [2.45, 2.75) is 31.2 Å². The fourth-order valence-electron chi connectivity index (χ4n) is 3.22. The topological polar surface area (TPSA) is 17.3 Å². The Morgan fingerprint density at radius 3 is 2.53 bits per heavy atom. The summed E-state index contributed by atoms with van der Waals surface area (Å²) in [5.41, 5.74) is 1.52. The van der Waals surface area contributed by atoms with Gasteiger partial charge in [-0.25, -0.2) is 5.32 Å². The first-order chi connectivity index (χ1) is 8.43. The molecule has 1 aromatic rings. The largest absolute Gasteiger partial charge is 0.300 e. The lowest BCUT2D eigenvalue weighted by molar-refractivity contribution is 0.195. The summed E-state index contributed by atoms with van der Waals surface area (Å²) < 4.78 is 0. The Bertz CT molecular complexity index is 343. The van der Waals surface area contributed by atoms with Crippen LogP contribution in [-0.4, -0.2) is 37.1 Å². The lowest BCUT2D eigenvalue weighted by Crippen LogP contribution is -2.39. The lowest BCUT2D eigenvalue weighted by atomic mass is 9.98. The number of nitrogens with zero attached hydrogens (tertiary/aromatic N) is 2. The summed E-state index contributed by atoms with van der Waals surface area (Å²) in [7, 11) is 0. The molecular weight excluding hydrogens is 208 g/mol.